The summed E-state index contributed by atoms with van der Waals surface area (Å²) in [7, 11) is 2.26. The van der Waals surface area contributed by atoms with Gasteiger partial charge in [-0.1, -0.05) is 0 Å². The van der Waals surface area contributed by atoms with Crippen LogP contribution in [0.3, 0.4) is 0 Å². The molecule has 66 valence electrons. The lowest BCUT2D eigenvalue weighted by Crippen LogP contribution is -3.00. The molecule has 1 unspecified atom stereocenters. The van der Waals surface area contributed by atoms with Crippen molar-refractivity contribution in [3.63, 3.8) is 0 Å². The van der Waals surface area contributed by atoms with Gasteiger partial charge < -0.3 is 33.6 Å². The molecule has 3 rings (SSSR count). The molecule has 0 aromatic heterocycles. The van der Waals surface area contributed by atoms with Crippen LogP contribution < -0.4 is 24.0 Å². The smallest absolute Gasteiger partial charge is 0.106 e. The summed E-state index contributed by atoms with van der Waals surface area (Å²) in [5, 5.41) is 9.55. The Bertz CT molecular complexity index is 143. The molecule has 0 spiro atoms. The number of piperidine rings is 3. The highest BCUT2D eigenvalue weighted by atomic mass is 127. The van der Waals surface area contributed by atoms with Gasteiger partial charge in [0, 0.05) is 18.8 Å². The number of likely N-dealkylation sites (N-methyl/N-ethyl adjacent to an activating group) is 1. The largest absolute Gasteiger partial charge is 1.00 e. The molecule has 3 heterocycles. The Balaban J connectivity index is 0.000000605. The molecule has 0 saturated carbocycles. The quantitative estimate of drug-likeness (QED) is 0.373. The van der Waals surface area contributed by atoms with Crippen LogP contribution in [0.2, 0.25) is 0 Å². The molecule has 0 aromatic rings. The molecule has 3 fully saturated rings. The van der Waals surface area contributed by atoms with Gasteiger partial charge in [0.25, 0.3) is 0 Å². The van der Waals surface area contributed by atoms with Gasteiger partial charge >= 0.3 is 0 Å². The molecule has 0 aliphatic carbocycles. The van der Waals surface area contributed by atoms with E-state index in [9.17, 15) is 5.11 Å². The van der Waals surface area contributed by atoms with Crippen LogP contribution in [-0.4, -0.2) is 42.4 Å². The van der Waals surface area contributed by atoms with Gasteiger partial charge in [-0.15, -0.1) is 0 Å². The second-order valence-corrected chi connectivity index (χ2v) is 4.15. The van der Waals surface area contributed by atoms with Crippen LogP contribution in [0.4, 0.5) is 0 Å². The Labute approximate surface area is 85.2 Å². The number of hydrogen-bond acceptors (Lipinski definition) is 1. The molecular formula is C8H16INO. The highest BCUT2D eigenvalue weighted by Gasteiger charge is 2.42. The first kappa shape index (κ1) is 9.74. The van der Waals surface area contributed by atoms with Crippen LogP contribution in [0.5, 0.6) is 0 Å². The van der Waals surface area contributed by atoms with Crippen LogP contribution in [0.1, 0.15) is 12.8 Å². The Hall–Kier alpha value is 0.650. The third-order valence-corrected chi connectivity index (χ3v) is 3.25. The number of quaternary nitrogens is 1. The van der Waals surface area contributed by atoms with Crippen molar-refractivity contribution in [2.45, 2.75) is 18.9 Å². The average molecular weight is 269 g/mol. The summed E-state index contributed by atoms with van der Waals surface area (Å²) in [5.74, 6) is 0.639. The van der Waals surface area contributed by atoms with Crippen molar-refractivity contribution in [1.29, 1.82) is 0 Å². The zero-order valence-corrected chi connectivity index (χ0v) is 9.12. The van der Waals surface area contributed by atoms with Gasteiger partial charge in [0.1, 0.15) is 12.6 Å². The molecule has 2 nitrogen and oxygen atoms in total. The molecule has 1 N–H and O–H groups in total. The number of aliphatic hydroxyl groups excluding tert-OH is 1. The van der Waals surface area contributed by atoms with E-state index in [1.807, 2.05) is 0 Å². The summed E-state index contributed by atoms with van der Waals surface area (Å²) < 4.78 is 1.12. The zero-order chi connectivity index (χ0) is 7.19. The first-order chi connectivity index (χ1) is 4.70. The van der Waals surface area contributed by atoms with Crippen molar-refractivity contribution in [3.8, 4) is 0 Å². The van der Waals surface area contributed by atoms with Gasteiger partial charge in [-0.3, -0.25) is 0 Å². The van der Waals surface area contributed by atoms with Crippen molar-refractivity contribution in [2.75, 3.05) is 26.7 Å². The highest BCUT2D eigenvalue weighted by molar-refractivity contribution is 4.78. The van der Waals surface area contributed by atoms with Crippen molar-refractivity contribution < 1.29 is 33.6 Å². The lowest BCUT2D eigenvalue weighted by atomic mass is 9.84. The average Bonchev–Trinajstić information content (AvgIpc) is 1.87. The zero-order valence-electron chi connectivity index (χ0n) is 6.96. The monoisotopic (exact) mass is 269 g/mol. The van der Waals surface area contributed by atoms with Crippen LogP contribution in [0.15, 0.2) is 0 Å². The third kappa shape index (κ3) is 1.70. The molecule has 3 heteroatoms. The van der Waals surface area contributed by atoms with E-state index in [-0.39, 0.29) is 30.1 Å². The maximum atomic E-state index is 9.55. The topological polar surface area (TPSA) is 20.2 Å². The summed E-state index contributed by atoms with van der Waals surface area (Å²) in [6.07, 6.45) is 2.50. The van der Waals surface area contributed by atoms with Gasteiger partial charge in [0.2, 0.25) is 0 Å². The number of nitrogens with zero attached hydrogens (tertiary/aromatic N) is 1. The van der Waals surface area contributed by atoms with E-state index in [0.29, 0.717) is 5.92 Å². The van der Waals surface area contributed by atoms with Gasteiger partial charge in [0.05, 0.1) is 20.1 Å². The molecular weight excluding hydrogens is 253 g/mol. The Morgan fingerprint density at radius 1 is 1.27 bits per heavy atom. The van der Waals surface area contributed by atoms with Crippen LogP contribution >= 0.6 is 0 Å². The number of hydrogen-bond donors (Lipinski definition) is 1. The minimum atomic E-state index is 0. The lowest BCUT2D eigenvalue weighted by Gasteiger charge is -2.48. The number of halogens is 1. The maximum absolute atomic E-state index is 9.55. The molecule has 11 heavy (non-hydrogen) atoms. The van der Waals surface area contributed by atoms with Crippen molar-refractivity contribution in [1.82, 2.24) is 0 Å². The number of rotatable bonds is 0. The fraction of sp³-hybridized carbons (Fsp3) is 1.00. The van der Waals surface area contributed by atoms with E-state index in [1.165, 1.54) is 25.9 Å². The summed E-state index contributed by atoms with van der Waals surface area (Å²) in [6.45, 7) is 3.59. The third-order valence-electron chi connectivity index (χ3n) is 3.25. The summed E-state index contributed by atoms with van der Waals surface area (Å²) in [4.78, 5) is 0. The predicted octanol–water partition coefficient (Wildman–Crippen LogP) is -2.78. The van der Waals surface area contributed by atoms with E-state index in [0.717, 1.165) is 11.0 Å². The van der Waals surface area contributed by atoms with E-state index in [2.05, 4.69) is 7.05 Å². The Morgan fingerprint density at radius 2 is 1.82 bits per heavy atom. The van der Waals surface area contributed by atoms with Crippen molar-refractivity contribution >= 4 is 0 Å². The molecule has 3 saturated heterocycles. The first-order valence-electron chi connectivity index (χ1n) is 4.21. The number of aliphatic hydroxyl groups is 1. The Kier molecular flexibility index (Phi) is 2.82. The molecule has 1 atom stereocenters. The normalized spacial score (nSPS) is 48.5. The second kappa shape index (κ2) is 3.18. The number of fused-ring (bicyclic) bond motifs is 3. The van der Waals surface area contributed by atoms with E-state index >= 15 is 0 Å². The van der Waals surface area contributed by atoms with Crippen LogP contribution in [-0.2, 0) is 0 Å². The maximum Gasteiger partial charge on any atom is 0.106 e. The summed E-state index contributed by atoms with van der Waals surface area (Å²) in [6, 6.07) is 0. The van der Waals surface area contributed by atoms with E-state index in [4.69, 9.17) is 0 Å². The molecule has 2 bridgehead atoms. The van der Waals surface area contributed by atoms with Gasteiger partial charge in [-0.2, -0.15) is 0 Å². The van der Waals surface area contributed by atoms with Crippen molar-refractivity contribution in [2.24, 2.45) is 5.92 Å². The Morgan fingerprint density at radius 3 is 2.09 bits per heavy atom. The molecule has 0 aromatic carbocycles. The predicted molar refractivity (Wildman–Crippen MR) is 39.5 cm³/mol. The summed E-state index contributed by atoms with van der Waals surface area (Å²) >= 11 is 0. The van der Waals surface area contributed by atoms with E-state index < -0.39 is 0 Å². The minimum Gasteiger partial charge on any atom is -1.00 e. The van der Waals surface area contributed by atoms with Gasteiger partial charge in [-0.05, 0) is 0 Å². The minimum absolute atomic E-state index is 0. The van der Waals surface area contributed by atoms with Gasteiger partial charge in [0.15, 0.2) is 0 Å². The van der Waals surface area contributed by atoms with E-state index in [1.54, 1.807) is 0 Å². The first-order valence-corrected chi connectivity index (χ1v) is 4.21. The molecule has 0 radical (unpaired) electrons. The summed E-state index contributed by atoms with van der Waals surface area (Å²) in [5.41, 5.74) is 0. The highest BCUT2D eigenvalue weighted by Crippen LogP contribution is 2.31. The van der Waals surface area contributed by atoms with Crippen LogP contribution in [0, 0.1) is 5.92 Å². The standard InChI is InChI=1S/C8H16NO.HI/c1-9-4-2-7(3-5-9)8(10)6-9;/h7-8,10H,2-6H2,1H3;1H/q+1;/p-1. The lowest BCUT2D eigenvalue weighted by molar-refractivity contribution is -0.928. The fourth-order valence-electron chi connectivity index (χ4n) is 2.38. The SMILES string of the molecule is C[N+]12CCC(CC1)C(O)C2.[I-]. The molecule has 0 amide bonds. The second-order valence-electron chi connectivity index (χ2n) is 4.15. The fourth-order valence-corrected chi connectivity index (χ4v) is 2.38. The van der Waals surface area contributed by atoms with Crippen molar-refractivity contribution in [3.05, 3.63) is 0 Å². The molecule has 3 aliphatic rings. The molecule has 3 aliphatic heterocycles. The van der Waals surface area contributed by atoms with Crippen LogP contribution in [0.25, 0.3) is 0 Å². The van der Waals surface area contributed by atoms with Gasteiger partial charge in [-0.25, -0.2) is 0 Å².